The lowest BCUT2D eigenvalue weighted by Crippen LogP contribution is -1.87. The van der Waals surface area contributed by atoms with E-state index in [1.165, 1.54) is 18.2 Å². The number of halogens is 4. The second-order valence-electron chi connectivity index (χ2n) is 4.22. The van der Waals surface area contributed by atoms with Crippen molar-refractivity contribution in [3.05, 3.63) is 68.9 Å². The molecule has 0 unspecified atom stereocenters. The smallest absolute Gasteiger partial charge is 0.173 e. The summed E-state index contributed by atoms with van der Waals surface area (Å²) < 4.78 is 37.5. The zero-order valence-corrected chi connectivity index (χ0v) is 14.5. The number of hydrogen-bond acceptors (Lipinski definition) is 0. The van der Waals surface area contributed by atoms with E-state index in [1.54, 1.807) is 13.0 Å². The zero-order valence-electron chi connectivity index (χ0n) is 12.9. The van der Waals surface area contributed by atoms with Crippen molar-refractivity contribution in [1.82, 2.24) is 0 Å². The van der Waals surface area contributed by atoms with E-state index in [2.05, 4.69) is 15.9 Å². The Bertz CT molecular complexity index is 553. The lowest BCUT2D eigenvalue weighted by Gasteiger charge is -1.98. The first-order valence-corrected chi connectivity index (χ1v) is 7.45. The van der Waals surface area contributed by atoms with Crippen molar-refractivity contribution < 1.29 is 13.2 Å². The summed E-state index contributed by atoms with van der Waals surface area (Å²) in [6.07, 6.45) is 0. The van der Waals surface area contributed by atoms with Gasteiger partial charge in [-0.25, -0.2) is 13.2 Å². The Hall–Kier alpha value is -1.29. The van der Waals surface area contributed by atoms with Crippen molar-refractivity contribution in [2.45, 2.75) is 34.6 Å². The molecule has 0 aliphatic rings. The van der Waals surface area contributed by atoms with E-state index >= 15 is 0 Å². The maximum absolute atomic E-state index is 12.6. The molecule has 2 aromatic carbocycles. The molecule has 0 N–H and O–H groups in total. The van der Waals surface area contributed by atoms with Crippen molar-refractivity contribution in [2.24, 2.45) is 0 Å². The molecule has 116 valence electrons. The Morgan fingerprint density at radius 1 is 0.762 bits per heavy atom. The van der Waals surface area contributed by atoms with E-state index in [-0.39, 0.29) is 10.3 Å². The van der Waals surface area contributed by atoms with Crippen molar-refractivity contribution in [2.75, 3.05) is 0 Å². The molecule has 0 aliphatic heterocycles. The standard InChI is InChI=1S/C8H9F.C7H5BrF2.C2H6/c1-6-3-4-8(9)5-7(6)2;1-4-2-3-5(9)7(10)6(4)8;1-2/h3-5H,1-2H3;2-3H,1H3;1-2H3. The fraction of sp³-hybridized carbons (Fsp3) is 0.294. The van der Waals surface area contributed by atoms with Gasteiger partial charge in [-0.2, -0.15) is 0 Å². The van der Waals surface area contributed by atoms with Crippen LogP contribution in [0.4, 0.5) is 13.2 Å². The molecular formula is C17H20BrF3. The molecule has 0 atom stereocenters. The van der Waals surface area contributed by atoms with Crippen LogP contribution in [0.25, 0.3) is 0 Å². The summed E-state index contributed by atoms with van der Waals surface area (Å²) in [4.78, 5) is 0. The first kappa shape index (κ1) is 19.7. The van der Waals surface area contributed by atoms with E-state index in [1.807, 2.05) is 27.7 Å². The molecule has 0 nitrogen and oxygen atoms in total. The molecule has 2 aromatic rings. The van der Waals surface area contributed by atoms with Gasteiger partial charge >= 0.3 is 0 Å². The van der Waals surface area contributed by atoms with E-state index in [9.17, 15) is 13.2 Å². The normalized spacial score (nSPS) is 9.19. The molecule has 2 rings (SSSR count). The molecule has 0 heterocycles. The van der Waals surface area contributed by atoms with E-state index in [0.29, 0.717) is 5.56 Å². The van der Waals surface area contributed by atoms with E-state index in [0.717, 1.165) is 17.2 Å². The fourth-order valence-electron chi connectivity index (χ4n) is 1.33. The monoisotopic (exact) mass is 360 g/mol. The summed E-state index contributed by atoms with van der Waals surface area (Å²) in [7, 11) is 0. The van der Waals surface area contributed by atoms with Crippen LogP contribution in [0.3, 0.4) is 0 Å². The van der Waals surface area contributed by atoms with Crippen molar-refractivity contribution in [3.63, 3.8) is 0 Å². The summed E-state index contributed by atoms with van der Waals surface area (Å²) >= 11 is 2.91. The topological polar surface area (TPSA) is 0 Å². The number of rotatable bonds is 0. The maximum atomic E-state index is 12.6. The van der Waals surface area contributed by atoms with E-state index < -0.39 is 11.6 Å². The molecule has 0 spiro atoms. The van der Waals surface area contributed by atoms with E-state index in [4.69, 9.17) is 0 Å². The minimum absolute atomic E-state index is 0.155. The predicted octanol–water partition coefficient (Wildman–Crippen LogP) is 6.50. The van der Waals surface area contributed by atoms with Gasteiger partial charge in [-0.05, 0) is 71.6 Å². The van der Waals surface area contributed by atoms with Crippen LogP contribution in [0.2, 0.25) is 0 Å². The van der Waals surface area contributed by atoms with Gasteiger partial charge in [0, 0.05) is 0 Å². The average molecular weight is 361 g/mol. The van der Waals surface area contributed by atoms with Crippen LogP contribution in [0.1, 0.15) is 30.5 Å². The van der Waals surface area contributed by atoms with Crippen molar-refractivity contribution >= 4 is 15.9 Å². The summed E-state index contributed by atoms with van der Waals surface area (Å²) in [5.41, 5.74) is 2.84. The minimum Gasteiger partial charge on any atom is -0.207 e. The third-order valence-corrected chi connectivity index (χ3v) is 3.67. The summed E-state index contributed by atoms with van der Waals surface area (Å²) in [5.74, 6) is -1.80. The Morgan fingerprint density at radius 2 is 1.29 bits per heavy atom. The number of aryl methyl sites for hydroxylation is 3. The molecular weight excluding hydrogens is 341 g/mol. The Morgan fingerprint density at radius 3 is 1.71 bits per heavy atom. The molecule has 0 radical (unpaired) electrons. The summed E-state index contributed by atoms with van der Waals surface area (Å²) in [6, 6.07) is 7.42. The first-order chi connectivity index (χ1) is 9.82. The second kappa shape index (κ2) is 9.61. The molecule has 4 heteroatoms. The Balaban J connectivity index is 0.000000342. The largest absolute Gasteiger partial charge is 0.207 e. The highest BCUT2D eigenvalue weighted by Crippen LogP contribution is 2.21. The lowest BCUT2D eigenvalue weighted by molar-refractivity contribution is 0.503. The highest BCUT2D eigenvalue weighted by molar-refractivity contribution is 9.10. The molecule has 21 heavy (non-hydrogen) atoms. The Kier molecular flexibility index (Phi) is 9.02. The van der Waals surface area contributed by atoms with Gasteiger partial charge in [0.05, 0.1) is 4.47 Å². The van der Waals surface area contributed by atoms with Crippen LogP contribution >= 0.6 is 15.9 Å². The maximum Gasteiger partial charge on any atom is 0.173 e. The third-order valence-electron chi connectivity index (χ3n) is 2.70. The minimum atomic E-state index is -0.822. The van der Waals surface area contributed by atoms with Gasteiger partial charge in [-0.3, -0.25) is 0 Å². The first-order valence-electron chi connectivity index (χ1n) is 6.65. The molecule has 0 aromatic heterocycles. The highest BCUT2D eigenvalue weighted by Gasteiger charge is 2.06. The van der Waals surface area contributed by atoms with Gasteiger partial charge in [0.15, 0.2) is 11.6 Å². The summed E-state index contributed by atoms with van der Waals surface area (Å²) in [6.45, 7) is 9.57. The molecule has 0 saturated heterocycles. The van der Waals surface area contributed by atoms with Gasteiger partial charge < -0.3 is 0 Å². The molecule has 0 saturated carbocycles. The summed E-state index contributed by atoms with van der Waals surface area (Å²) in [5, 5.41) is 0. The molecule has 0 aliphatic carbocycles. The van der Waals surface area contributed by atoms with Crippen LogP contribution < -0.4 is 0 Å². The average Bonchev–Trinajstić information content (AvgIpc) is 2.48. The second-order valence-corrected chi connectivity index (χ2v) is 5.01. The fourth-order valence-corrected chi connectivity index (χ4v) is 1.65. The van der Waals surface area contributed by atoms with Crippen LogP contribution in [0, 0.1) is 38.2 Å². The predicted molar refractivity (Wildman–Crippen MR) is 86.0 cm³/mol. The van der Waals surface area contributed by atoms with Crippen molar-refractivity contribution in [3.8, 4) is 0 Å². The zero-order chi connectivity index (χ0) is 16.6. The van der Waals surface area contributed by atoms with Gasteiger partial charge in [0.2, 0.25) is 0 Å². The van der Waals surface area contributed by atoms with Gasteiger partial charge in [-0.1, -0.05) is 26.0 Å². The van der Waals surface area contributed by atoms with Crippen LogP contribution in [0.15, 0.2) is 34.8 Å². The quantitative estimate of drug-likeness (QED) is 0.470. The Labute approximate surface area is 133 Å². The lowest BCUT2D eigenvalue weighted by atomic mass is 10.1. The highest BCUT2D eigenvalue weighted by atomic mass is 79.9. The van der Waals surface area contributed by atoms with Crippen molar-refractivity contribution in [1.29, 1.82) is 0 Å². The number of benzene rings is 2. The van der Waals surface area contributed by atoms with Gasteiger partial charge in [0.1, 0.15) is 5.82 Å². The SMILES string of the molecule is CC.Cc1ccc(F)c(F)c1Br.Cc1ccc(F)cc1C. The third kappa shape index (κ3) is 6.34. The van der Waals surface area contributed by atoms with Gasteiger partial charge in [-0.15, -0.1) is 0 Å². The van der Waals surface area contributed by atoms with Crippen LogP contribution in [-0.2, 0) is 0 Å². The van der Waals surface area contributed by atoms with Gasteiger partial charge in [0.25, 0.3) is 0 Å². The molecule has 0 fully saturated rings. The van der Waals surface area contributed by atoms with Crippen LogP contribution in [0.5, 0.6) is 0 Å². The molecule has 0 bridgehead atoms. The molecule has 0 amide bonds. The number of hydrogen-bond donors (Lipinski definition) is 0. The van der Waals surface area contributed by atoms with Crippen LogP contribution in [-0.4, -0.2) is 0 Å².